The van der Waals surface area contributed by atoms with E-state index < -0.39 is 0 Å². The van der Waals surface area contributed by atoms with Crippen LogP contribution in [0.1, 0.15) is 47.6 Å². The van der Waals surface area contributed by atoms with Crippen LogP contribution in [0.4, 0.5) is 5.13 Å². The predicted molar refractivity (Wildman–Crippen MR) is 99.9 cm³/mol. The van der Waals surface area contributed by atoms with Crippen LogP contribution in [-0.2, 0) is 5.41 Å². The summed E-state index contributed by atoms with van der Waals surface area (Å²) < 4.78 is 0. The zero-order chi connectivity index (χ0) is 17.2. The predicted octanol–water partition coefficient (Wildman–Crippen LogP) is 4.08. The smallest absolute Gasteiger partial charge is 0.265 e. The number of nitrogens with one attached hydrogen (secondary N) is 1. The van der Waals surface area contributed by atoms with Gasteiger partial charge in [-0.15, -0.1) is 0 Å². The number of nitrogens with zero attached hydrogens (tertiary/aromatic N) is 2. The molecule has 1 aliphatic heterocycles. The molecule has 1 amide bonds. The van der Waals surface area contributed by atoms with Crippen LogP contribution in [0, 0.1) is 6.92 Å². The minimum atomic E-state index is 0.0261. The number of thiazole rings is 1. The van der Waals surface area contributed by atoms with Crippen LogP contribution in [0.2, 0.25) is 0 Å². The summed E-state index contributed by atoms with van der Waals surface area (Å²) >= 11 is 1.47. The second-order valence-electron chi connectivity index (χ2n) is 6.72. The molecule has 4 nitrogen and oxygen atoms in total. The van der Waals surface area contributed by atoms with Gasteiger partial charge in [0.05, 0.1) is 5.69 Å². The topological polar surface area (TPSA) is 45.2 Å². The van der Waals surface area contributed by atoms with E-state index in [1.807, 2.05) is 24.8 Å². The molecule has 1 unspecified atom stereocenters. The molecule has 0 aliphatic carbocycles. The van der Waals surface area contributed by atoms with Gasteiger partial charge in [0.2, 0.25) is 0 Å². The van der Waals surface area contributed by atoms with Crippen LogP contribution in [0.25, 0.3) is 0 Å². The Morgan fingerprint density at radius 1 is 1.38 bits per heavy atom. The Hall–Kier alpha value is -1.88. The first kappa shape index (κ1) is 17.0. The average Bonchev–Trinajstić information content (AvgIpc) is 2.96. The summed E-state index contributed by atoms with van der Waals surface area (Å²) in [6, 6.07) is 10.6. The fourth-order valence-corrected chi connectivity index (χ4v) is 4.46. The molecule has 1 saturated heterocycles. The Morgan fingerprint density at radius 2 is 2.12 bits per heavy atom. The van der Waals surface area contributed by atoms with E-state index in [4.69, 9.17) is 0 Å². The molecule has 1 aliphatic rings. The lowest BCUT2D eigenvalue weighted by atomic mass is 9.76. The van der Waals surface area contributed by atoms with Gasteiger partial charge in [-0.3, -0.25) is 4.79 Å². The van der Waals surface area contributed by atoms with Crippen molar-refractivity contribution in [3.8, 4) is 0 Å². The Morgan fingerprint density at radius 3 is 2.83 bits per heavy atom. The summed E-state index contributed by atoms with van der Waals surface area (Å²) in [4.78, 5) is 20.3. The average molecular weight is 343 g/mol. The van der Waals surface area contributed by atoms with Crippen molar-refractivity contribution in [2.45, 2.75) is 39.0 Å². The van der Waals surface area contributed by atoms with E-state index in [-0.39, 0.29) is 11.3 Å². The van der Waals surface area contributed by atoms with Crippen molar-refractivity contribution in [2.75, 3.05) is 25.0 Å². The van der Waals surface area contributed by atoms with Gasteiger partial charge in [-0.2, -0.15) is 0 Å². The van der Waals surface area contributed by atoms with Crippen LogP contribution in [0.3, 0.4) is 0 Å². The minimum absolute atomic E-state index is 0.0261. The summed E-state index contributed by atoms with van der Waals surface area (Å²) in [5.41, 5.74) is 2.17. The fraction of sp³-hybridized carbons (Fsp3) is 0.474. The number of hydrogen-bond acceptors (Lipinski definition) is 4. The summed E-state index contributed by atoms with van der Waals surface area (Å²) in [5.74, 6) is 0.121. The van der Waals surface area contributed by atoms with Crippen molar-refractivity contribution in [2.24, 2.45) is 0 Å². The van der Waals surface area contributed by atoms with Crippen molar-refractivity contribution in [3.63, 3.8) is 0 Å². The van der Waals surface area contributed by atoms with E-state index in [9.17, 15) is 4.79 Å². The number of likely N-dealkylation sites (tertiary alicyclic amines) is 1. The molecule has 1 fully saturated rings. The van der Waals surface area contributed by atoms with E-state index in [1.54, 1.807) is 0 Å². The Bertz CT molecular complexity index is 713. The summed E-state index contributed by atoms with van der Waals surface area (Å²) in [6.07, 6.45) is 2.15. The van der Waals surface area contributed by atoms with E-state index >= 15 is 0 Å². The molecule has 0 radical (unpaired) electrons. The van der Waals surface area contributed by atoms with Gasteiger partial charge in [0, 0.05) is 25.0 Å². The van der Waals surface area contributed by atoms with Gasteiger partial charge in [0.1, 0.15) is 4.88 Å². The molecule has 24 heavy (non-hydrogen) atoms. The molecule has 1 N–H and O–H groups in total. The van der Waals surface area contributed by atoms with Crippen LogP contribution < -0.4 is 5.32 Å². The lowest BCUT2D eigenvalue weighted by molar-refractivity contribution is 0.0655. The summed E-state index contributed by atoms with van der Waals surface area (Å²) in [6.45, 7) is 8.64. The number of carbonyl (C=O) groups excluding carboxylic acids is 1. The summed E-state index contributed by atoms with van der Waals surface area (Å²) in [7, 11) is 0. The van der Waals surface area contributed by atoms with Crippen LogP contribution in [0.5, 0.6) is 0 Å². The second kappa shape index (κ2) is 6.93. The van der Waals surface area contributed by atoms with Crippen molar-refractivity contribution >= 4 is 22.4 Å². The lowest BCUT2D eigenvalue weighted by Gasteiger charge is -2.40. The molecule has 1 aromatic carbocycles. The van der Waals surface area contributed by atoms with Gasteiger partial charge in [-0.05, 0) is 32.3 Å². The number of benzene rings is 1. The molecule has 2 heterocycles. The van der Waals surface area contributed by atoms with Crippen LogP contribution in [-0.4, -0.2) is 35.4 Å². The molecule has 0 bridgehead atoms. The first-order valence-electron chi connectivity index (χ1n) is 8.59. The Kier molecular flexibility index (Phi) is 4.90. The normalized spacial score (nSPS) is 20.9. The number of aromatic nitrogens is 1. The van der Waals surface area contributed by atoms with E-state index in [0.29, 0.717) is 0 Å². The molecule has 1 atom stereocenters. The molecule has 5 heteroatoms. The molecule has 2 aromatic rings. The molecule has 0 spiro atoms. The number of rotatable bonds is 4. The van der Waals surface area contributed by atoms with Gasteiger partial charge in [0.25, 0.3) is 5.91 Å². The monoisotopic (exact) mass is 343 g/mol. The molecule has 0 saturated carbocycles. The Balaban J connectivity index is 1.81. The first-order valence-corrected chi connectivity index (χ1v) is 9.41. The zero-order valence-corrected chi connectivity index (χ0v) is 15.4. The van der Waals surface area contributed by atoms with Gasteiger partial charge >= 0.3 is 0 Å². The highest BCUT2D eigenvalue weighted by atomic mass is 32.1. The third-order valence-electron chi connectivity index (χ3n) is 4.77. The number of carbonyl (C=O) groups is 1. The maximum atomic E-state index is 13.0. The standard InChI is InChI=1S/C19H25N3OS/c1-4-20-18-21-14(2)16(24-18)17(23)22-12-8-11-19(3,13-22)15-9-6-5-7-10-15/h5-7,9-10H,4,8,11-13H2,1-3H3,(H,20,21). The number of anilines is 1. The lowest BCUT2D eigenvalue weighted by Crippen LogP contribution is -2.47. The Labute approximate surface area is 147 Å². The number of hydrogen-bond donors (Lipinski definition) is 1. The van der Waals surface area contributed by atoms with E-state index in [0.717, 1.165) is 48.2 Å². The molecule has 1 aromatic heterocycles. The number of piperidine rings is 1. The molecule has 128 valence electrons. The van der Waals surface area contributed by atoms with Gasteiger partial charge in [-0.25, -0.2) is 4.98 Å². The van der Waals surface area contributed by atoms with Crippen LogP contribution in [0.15, 0.2) is 30.3 Å². The summed E-state index contributed by atoms with van der Waals surface area (Å²) in [5, 5.41) is 4.04. The maximum Gasteiger partial charge on any atom is 0.265 e. The zero-order valence-electron chi connectivity index (χ0n) is 14.6. The van der Waals surface area contributed by atoms with Crippen molar-refractivity contribution in [1.82, 2.24) is 9.88 Å². The maximum absolute atomic E-state index is 13.0. The van der Waals surface area contributed by atoms with Crippen molar-refractivity contribution in [3.05, 3.63) is 46.5 Å². The highest BCUT2D eigenvalue weighted by Gasteiger charge is 2.35. The molecular formula is C19H25N3OS. The van der Waals surface area contributed by atoms with Gasteiger partial charge in [-0.1, -0.05) is 48.6 Å². The minimum Gasteiger partial charge on any atom is -0.362 e. The second-order valence-corrected chi connectivity index (χ2v) is 7.72. The van der Waals surface area contributed by atoms with Crippen molar-refractivity contribution < 1.29 is 4.79 Å². The third kappa shape index (κ3) is 3.31. The highest BCUT2D eigenvalue weighted by molar-refractivity contribution is 7.17. The van der Waals surface area contributed by atoms with Gasteiger partial charge < -0.3 is 10.2 Å². The first-order chi connectivity index (χ1) is 11.5. The van der Waals surface area contributed by atoms with E-state index in [1.165, 1.54) is 16.9 Å². The SMILES string of the molecule is CCNc1nc(C)c(C(=O)N2CCCC(C)(c3ccccc3)C2)s1. The highest BCUT2D eigenvalue weighted by Crippen LogP contribution is 2.35. The van der Waals surface area contributed by atoms with Crippen molar-refractivity contribution in [1.29, 1.82) is 0 Å². The number of aryl methyl sites for hydroxylation is 1. The molecule has 3 rings (SSSR count). The quantitative estimate of drug-likeness (QED) is 0.910. The molecular weight excluding hydrogens is 318 g/mol. The van der Waals surface area contributed by atoms with Gasteiger partial charge in [0.15, 0.2) is 5.13 Å². The largest absolute Gasteiger partial charge is 0.362 e. The van der Waals surface area contributed by atoms with Crippen LogP contribution >= 0.6 is 11.3 Å². The third-order valence-corrected chi connectivity index (χ3v) is 5.88. The van der Waals surface area contributed by atoms with E-state index in [2.05, 4.69) is 41.5 Å². The number of amides is 1. The fourth-order valence-electron chi connectivity index (χ4n) is 3.45.